The zero-order valence-electron chi connectivity index (χ0n) is 16.2. The fourth-order valence-electron chi connectivity index (χ4n) is 2.79. The highest BCUT2D eigenvalue weighted by atomic mass is 32.2. The Bertz CT molecular complexity index is 1110. The standard InChI is InChI=1S/C22H22N2O4S/c1-3-28-20-12-8-7-11-19(20)23-22(25)17-14-13-16(2)21(15-17)29(26,27)24-18-9-5-4-6-10-18/h4-15,24H,3H2,1-2H3,(H,23,25). The van der Waals surface area contributed by atoms with Gasteiger partial charge in [0.15, 0.2) is 0 Å². The fraction of sp³-hybridized carbons (Fsp3) is 0.136. The Morgan fingerprint density at radius 3 is 2.38 bits per heavy atom. The molecular weight excluding hydrogens is 388 g/mol. The van der Waals surface area contributed by atoms with Gasteiger partial charge >= 0.3 is 0 Å². The molecule has 0 aliphatic carbocycles. The molecule has 7 heteroatoms. The average Bonchev–Trinajstić information content (AvgIpc) is 2.70. The molecule has 0 aliphatic rings. The first kappa shape index (κ1) is 20.4. The Balaban J connectivity index is 1.88. The zero-order valence-corrected chi connectivity index (χ0v) is 17.0. The van der Waals surface area contributed by atoms with Gasteiger partial charge in [0.05, 0.1) is 17.2 Å². The van der Waals surface area contributed by atoms with Crippen molar-refractivity contribution >= 4 is 27.3 Å². The van der Waals surface area contributed by atoms with Crippen LogP contribution in [0.1, 0.15) is 22.8 Å². The van der Waals surface area contributed by atoms with Gasteiger partial charge in [0.1, 0.15) is 5.75 Å². The topological polar surface area (TPSA) is 84.5 Å². The van der Waals surface area contributed by atoms with Gasteiger partial charge in [-0.2, -0.15) is 0 Å². The number of carbonyl (C=O) groups is 1. The van der Waals surface area contributed by atoms with Crippen molar-refractivity contribution in [1.29, 1.82) is 0 Å². The van der Waals surface area contributed by atoms with Crippen LogP contribution in [0.15, 0.2) is 77.7 Å². The average molecular weight is 410 g/mol. The lowest BCUT2D eigenvalue weighted by Crippen LogP contribution is -2.17. The number of nitrogens with one attached hydrogen (secondary N) is 2. The summed E-state index contributed by atoms with van der Waals surface area (Å²) >= 11 is 0. The number of anilines is 2. The normalized spacial score (nSPS) is 11.0. The second-order valence-electron chi connectivity index (χ2n) is 6.34. The molecule has 0 radical (unpaired) electrons. The maximum absolute atomic E-state index is 12.8. The van der Waals surface area contributed by atoms with Crippen molar-refractivity contribution in [1.82, 2.24) is 0 Å². The molecule has 0 atom stereocenters. The number of sulfonamides is 1. The first-order chi connectivity index (χ1) is 13.9. The smallest absolute Gasteiger partial charge is 0.262 e. The van der Waals surface area contributed by atoms with Gasteiger partial charge in [-0.15, -0.1) is 0 Å². The molecule has 2 N–H and O–H groups in total. The summed E-state index contributed by atoms with van der Waals surface area (Å²) in [4.78, 5) is 12.8. The number of hydrogen-bond acceptors (Lipinski definition) is 4. The van der Waals surface area contributed by atoms with Gasteiger partial charge in [-0.25, -0.2) is 8.42 Å². The third kappa shape index (κ3) is 4.94. The second kappa shape index (κ2) is 8.79. The summed E-state index contributed by atoms with van der Waals surface area (Å²) in [7, 11) is -3.84. The van der Waals surface area contributed by atoms with Crippen molar-refractivity contribution in [3.63, 3.8) is 0 Å². The molecule has 0 saturated heterocycles. The van der Waals surface area contributed by atoms with Gasteiger partial charge < -0.3 is 10.1 Å². The van der Waals surface area contributed by atoms with E-state index >= 15 is 0 Å². The molecule has 0 aromatic heterocycles. The van der Waals surface area contributed by atoms with Gasteiger partial charge in [-0.3, -0.25) is 9.52 Å². The summed E-state index contributed by atoms with van der Waals surface area (Å²) in [5.74, 6) is 0.127. The van der Waals surface area contributed by atoms with Gasteiger partial charge in [0, 0.05) is 11.3 Å². The highest BCUT2D eigenvalue weighted by molar-refractivity contribution is 7.92. The lowest BCUT2D eigenvalue weighted by molar-refractivity contribution is 0.102. The summed E-state index contributed by atoms with van der Waals surface area (Å²) in [6.07, 6.45) is 0. The minimum atomic E-state index is -3.84. The number of benzene rings is 3. The van der Waals surface area contributed by atoms with E-state index < -0.39 is 15.9 Å². The van der Waals surface area contributed by atoms with Crippen LogP contribution in [0.2, 0.25) is 0 Å². The van der Waals surface area contributed by atoms with E-state index in [1.165, 1.54) is 6.07 Å². The van der Waals surface area contributed by atoms with Crippen LogP contribution >= 0.6 is 0 Å². The van der Waals surface area contributed by atoms with E-state index in [0.29, 0.717) is 29.3 Å². The zero-order chi connectivity index (χ0) is 20.9. The van der Waals surface area contributed by atoms with E-state index in [9.17, 15) is 13.2 Å². The number of aryl methyl sites for hydroxylation is 1. The van der Waals surface area contributed by atoms with Crippen molar-refractivity contribution < 1.29 is 17.9 Å². The first-order valence-electron chi connectivity index (χ1n) is 9.12. The number of rotatable bonds is 7. The summed E-state index contributed by atoms with van der Waals surface area (Å²) in [6.45, 7) is 4.01. The number of ether oxygens (including phenoxy) is 1. The Hall–Kier alpha value is -3.32. The molecule has 3 aromatic carbocycles. The second-order valence-corrected chi connectivity index (χ2v) is 7.99. The van der Waals surface area contributed by atoms with E-state index in [-0.39, 0.29) is 10.5 Å². The third-order valence-electron chi connectivity index (χ3n) is 4.20. The molecule has 29 heavy (non-hydrogen) atoms. The minimum absolute atomic E-state index is 0.0482. The molecule has 0 saturated carbocycles. The minimum Gasteiger partial charge on any atom is -0.492 e. The third-order valence-corrected chi connectivity index (χ3v) is 5.72. The van der Waals surface area contributed by atoms with E-state index in [1.807, 2.05) is 13.0 Å². The van der Waals surface area contributed by atoms with Crippen molar-refractivity contribution in [3.05, 3.63) is 83.9 Å². The van der Waals surface area contributed by atoms with Crippen LogP contribution in [0, 0.1) is 6.92 Å². The molecule has 3 aromatic rings. The molecule has 6 nitrogen and oxygen atoms in total. The molecule has 1 amide bonds. The summed E-state index contributed by atoms with van der Waals surface area (Å²) < 4.78 is 33.7. The predicted molar refractivity (Wildman–Crippen MR) is 114 cm³/mol. The highest BCUT2D eigenvalue weighted by Crippen LogP contribution is 2.25. The SMILES string of the molecule is CCOc1ccccc1NC(=O)c1ccc(C)c(S(=O)(=O)Nc2ccccc2)c1. The van der Waals surface area contributed by atoms with Crippen molar-refractivity contribution in [2.24, 2.45) is 0 Å². The van der Waals surface area contributed by atoms with Crippen LogP contribution in [0.25, 0.3) is 0 Å². The summed E-state index contributed by atoms with van der Waals surface area (Å²) in [5.41, 5.74) is 1.74. The van der Waals surface area contributed by atoms with Crippen molar-refractivity contribution in [3.8, 4) is 5.75 Å². The van der Waals surface area contributed by atoms with Crippen LogP contribution in [-0.2, 0) is 10.0 Å². The van der Waals surface area contributed by atoms with Crippen LogP contribution in [-0.4, -0.2) is 20.9 Å². The van der Waals surface area contributed by atoms with Gasteiger partial charge in [0.2, 0.25) is 0 Å². The lowest BCUT2D eigenvalue weighted by atomic mass is 10.1. The van der Waals surface area contributed by atoms with E-state index in [2.05, 4.69) is 10.0 Å². The monoisotopic (exact) mass is 410 g/mol. The van der Waals surface area contributed by atoms with Crippen molar-refractivity contribution in [2.45, 2.75) is 18.7 Å². The Labute approximate surface area is 170 Å². The molecule has 0 bridgehead atoms. The Kier molecular flexibility index (Phi) is 6.19. The van der Waals surface area contributed by atoms with Crippen LogP contribution in [0.3, 0.4) is 0 Å². The molecule has 0 fully saturated rings. The first-order valence-corrected chi connectivity index (χ1v) is 10.6. The number of hydrogen-bond donors (Lipinski definition) is 2. The predicted octanol–water partition coefficient (Wildman–Crippen LogP) is 4.45. The number of para-hydroxylation sites is 3. The van der Waals surface area contributed by atoms with Crippen molar-refractivity contribution in [2.75, 3.05) is 16.6 Å². The maximum Gasteiger partial charge on any atom is 0.262 e. The molecule has 3 rings (SSSR count). The van der Waals surface area contributed by atoms with E-state index in [1.54, 1.807) is 67.6 Å². The quantitative estimate of drug-likeness (QED) is 0.603. The largest absolute Gasteiger partial charge is 0.492 e. The molecule has 0 unspecified atom stereocenters. The van der Waals surface area contributed by atoms with Gasteiger partial charge in [-0.1, -0.05) is 36.4 Å². The lowest BCUT2D eigenvalue weighted by Gasteiger charge is -2.13. The Morgan fingerprint density at radius 2 is 1.66 bits per heavy atom. The number of carbonyl (C=O) groups excluding carboxylic acids is 1. The van der Waals surface area contributed by atoms with E-state index in [4.69, 9.17) is 4.74 Å². The Morgan fingerprint density at radius 1 is 0.966 bits per heavy atom. The molecule has 0 heterocycles. The number of amides is 1. The fourth-order valence-corrected chi connectivity index (χ4v) is 4.12. The maximum atomic E-state index is 12.8. The van der Waals surface area contributed by atoms with Gasteiger partial charge in [-0.05, 0) is 55.8 Å². The molecular formula is C22H22N2O4S. The summed E-state index contributed by atoms with van der Waals surface area (Å²) in [5, 5.41) is 2.78. The van der Waals surface area contributed by atoms with E-state index in [0.717, 1.165) is 0 Å². The van der Waals surface area contributed by atoms with Crippen LogP contribution in [0.4, 0.5) is 11.4 Å². The summed E-state index contributed by atoms with van der Waals surface area (Å²) in [6, 6.07) is 20.3. The van der Waals surface area contributed by atoms with Gasteiger partial charge in [0.25, 0.3) is 15.9 Å². The van der Waals surface area contributed by atoms with Crippen LogP contribution < -0.4 is 14.8 Å². The van der Waals surface area contributed by atoms with Crippen LogP contribution in [0.5, 0.6) is 5.75 Å². The highest BCUT2D eigenvalue weighted by Gasteiger charge is 2.20. The molecule has 150 valence electrons. The molecule has 0 aliphatic heterocycles. The molecule has 0 spiro atoms.